The number of carbonyl (C=O) groups excluding carboxylic acids is 1. The van der Waals surface area contributed by atoms with E-state index >= 15 is 0 Å². The molecular weight excluding hydrogens is 438 g/mol. The van der Waals surface area contributed by atoms with Crippen LogP contribution in [0, 0.1) is 11.6 Å². The minimum Gasteiger partial charge on any atom is -0.323 e. The van der Waals surface area contributed by atoms with Crippen LogP contribution >= 0.6 is 23.1 Å². The Labute approximate surface area is 186 Å². The van der Waals surface area contributed by atoms with Gasteiger partial charge in [0, 0.05) is 23.1 Å². The molecule has 4 rings (SSSR count). The van der Waals surface area contributed by atoms with E-state index in [0.29, 0.717) is 11.6 Å². The Bertz CT molecular complexity index is 1180. The molecule has 1 N–H and O–H groups in total. The normalized spacial score (nSPS) is 12.0. The van der Waals surface area contributed by atoms with Gasteiger partial charge in [0.25, 0.3) is 0 Å². The molecule has 2 heterocycles. The fourth-order valence-corrected chi connectivity index (χ4v) is 4.52. The molecule has 0 radical (unpaired) electrons. The van der Waals surface area contributed by atoms with E-state index in [4.69, 9.17) is 0 Å². The summed E-state index contributed by atoms with van der Waals surface area (Å²) in [4.78, 5) is 13.8. The molecule has 0 saturated carbocycles. The number of hydrogen-bond acceptors (Lipinski definition) is 5. The first-order valence-electron chi connectivity index (χ1n) is 9.46. The minimum atomic E-state index is -0.823. The second kappa shape index (κ2) is 9.40. The van der Waals surface area contributed by atoms with Gasteiger partial charge < -0.3 is 5.32 Å². The fourth-order valence-electron chi connectivity index (χ4n) is 2.93. The highest BCUT2D eigenvalue weighted by Gasteiger charge is 2.22. The van der Waals surface area contributed by atoms with Crippen LogP contribution in [0.25, 0.3) is 5.69 Å². The summed E-state index contributed by atoms with van der Waals surface area (Å²) in [7, 11) is 0. The molecule has 0 aliphatic rings. The zero-order chi connectivity index (χ0) is 21.8. The quantitative estimate of drug-likeness (QED) is 0.383. The Morgan fingerprint density at radius 3 is 2.65 bits per heavy atom. The maximum atomic E-state index is 13.9. The molecule has 9 heteroatoms. The van der Waals surface area contributed by atoms with Crippen LogP contribution in [0.2, 0.25) is 0 Å². The van der Waals surface area contributed by atoms with Crippen molar-refractivity contribution in [1.29, 1.82) is 0 Å². The maximum absolute atomic E-state index is 13.9. The number of hydrogen-bond donors (Lipinski definition) is 1. The van der Waals surface area contributed by atoms with Crippen LogP contribution in [0.1, 0.15) is 17.6 Å². The van der Waals surface area contributed by atoms with Crippen LogP contribution in [0.5, 0.6) is 0 Å². The maximum Gasteiger partial charge on any atom is 0.237 e. The number of rotatable bonds is 7. The number of thiophene rings is 1. The predicted octanol–water partition coefficient (Wildman–Crippen LogP) is 5.32. The largest absolute Gasteiger partial charge is 0.323 e. The van der Waals surface area contributed by atoms with Gasteiger partial charge in [-0.05, 0) is 42.6 Å². The van der Waals surface area contributed by atoms with Gasteiger partial charge in [-0.15, -0.1) is 21.5 Å². The summed E-state index contributed by atoms with van der Waals surface area (Å²) in [6.45, 7) is 1.70. The summed E-state index contributed by atoms with van der Waals surface area (Å²) in [6.07, 6.45) is 0.613. The van der Waals surface area contributed by atoms with E-state index < -0.39 is 22.8 Å². The molecule has 1 unspecified atom stereocenters. The van der Waals surface area contributed by atoms with Gasteiger partial charge in [-0.25, -0.2) is 8.78 Å². The van der Waals surface area contributed by atoms with Crippen LogP contribution in [0.4, 0.5) is 14.5 Å². The van der Waals surface area contributed by atoms with E-state index in [1.165, 1.54) is 17.8 Å². The summed E-state index contributed by atoms with van der Waals surface area (Å²) in [6, 6.07) is 16.7. The Morgan fingerprint density at radius 2 is 1.94 bits per heavy atom. The van der Waals surface area contributed by atoms with Gasteiger partial charge in [0.15, 0.2) is 5.16 Å². The molecule has 0 saturated heterocycles. The number of anilines is 1. The first-order valence-corrected chi connectivity index (χ1v) is 11.2. The smallest absolute Gasteiger partial charge is 0.237 e. The monoisotopic (exact) mass is 456 g/mol. The molecule has 158 valence electrons. The van der Waals surface area contributed by atoms with Crippen molar-refractivity contribution in [3.8, 4) is 5.69 Å². The molecule has 2 aromatic carbocycles. The van der Waals surface area contributed by atoms with Gasteiger partial charge >= 0.3 is 0 Å². The molecule has 5 nitrogen and oxygen atoms in total. The zero-order valence-electron chi connectivity index (χ0n) is 16.5. The number of thioether (sulfide) groups is 1. The van der Waals surface area contributed by atoms with Crippen molar-refractivity contribution in [1.82, 2.24) is 14.8 Å². The van der Waals surface area contributed by atoms with E-state index in [1.54, 1.807) is 18.3 Å². The number of benzene rings is 2. The summed E-state index contributed by atoms with van der Waals surface area (Å²) >= 11 is 2.86. The molecule has 31 heavy (non-hydrogen) atoms. The van der Waals surface area contributed by atoms with Gasteiger partial charge in [-0.2, -0.15) is 0 Å². The lowest BCUT2D eigenvalue weighted by atomic mass is 10.3. The van der Waals surface area contributed by atoms with Gasteiger partial charge in [0.1, 0.15) is 17.5 Å². The second-order valence-electron chi connectivity index (χ2n) is 6.70. The van der Waals surface area contributed by atoms with Crippen molar-refractivity contribution >= 4 is 34.7 Å². The molecule has 2 aromatic heterocycles. The molecule has 1 atom stereocenters. The van der Waals surface area contributed by atoms with E-state index in [2.05, 4.69) is 15.5 Å². The van der Waals surface area contributed by atoms with Crippen molar-refractivity contribution in [3.05, 3.63) is 88.4 Å². The molecule has 0 aliphatic heterocycles. The molecule has 1 amide bonds. The van der Waals surface area contributed by atoms with Crippen LogP contribution in [0.3, 0.4) is 0 Å². The van der Waals surface area contributed by atoms with Crippen LogP contribution in [-0.4, -0.2) is 25.9 Å². The standard InChI is InChI=1S/C22H18F2N4OS2/c1-14(21(29)25-19-10-9-15(23)12-18(19)24)31-22-27-26-20(13-17-8-5-11-30-17)28(22)16-6-3-2-4-7-16/h2-12,14H,13H2,1H3,(H,25,29). The molecular formula is C22H18F2N4OS2. The lowest BCUT2D eigenvalue weighted by Crippen LogP contribution is -2.23. The van der Waals surface area contributed by atoms with Crippen LogP contribution < -0.4 is 5.32 Å². The lowest BCUT2D eigenvalue weighted by Gasteiger charge is -2.14. The summed E-state index contributed by atoms with van der Waals surface area (Å²) < 4.78 is 28.9. The fraction of sp³-hybridized carbons (Fsp3) is 0.136. The highest BCUT2D eigenvalue weighted by atomic mass is 32.2. The minimum absolute atomic E-state index is 0.0678. The zero-order valence-corrected chi connectivity index (χ0v) is 18.1. The number of nitrogens with one attached hydrogen (secondary N) is 1. The highest BCUT2D eigenvalue weighted by Crippen LogP contribution is 2.28. The molecule has 0 fully saturated rings. The van der Waals surface area contributed by atoms with E-state index in [1.807, 2.05) is 52.4 Å². The summed E-state index contributed by atoms with van der Waals surface area (Å²) in [5, 5.41) is 13.1. The number of carbonyl (C=O) groups is 1. The van der Waals surface area contributed by atoms with Gasteiger partial charge in [0.2, 0.25) is 5.91 Å². The summed E-state index contributed by atoms with van der Waals surface area (Å²) in [5.41, 5.74) is 0.820. The van der Waals surface area contributed by atoms with Crippen molar-refractivity contribution in [3.63, 3.8) is 0 Å². The average Bonchev–Trinajstić information content (AvgIpc) is 3.41. The van der Waals surface area contributed by atoms with Gasteiger partial charge in [0.05, 0.1) is 10.9 Å². The van der Waals surface area contributed by atoms with Gasteiger partial charge in [-0.1, -0.05) is 36.0 Å². The third kappa shape index (κ3) is 5.00. The van der Waals surface area contributed by atoms with Crippen molar-refractivity contribution in [2.24, 2.45) is 0 Å². The summed E-state index contributed by atoms with van der Waals surface area (Å²) in [5.74, 6) is -1.19. The van der Waals surface area contributed by atoms with E-state index in [9.17, 15) is 13.6 Å². The first-order chi connectivity index (χ1) is 15.0. The predicted molar refractivity (Wildman–Crippen MR) is 119 cm³/mol. The lowest BCUT2D eigenvalue weighted by molar-refractivity contribution is -0.115. The third-order valence-corrected chi connectivity index (χ3v) is 6.39. The topological polar surface area (TPSA) is 59.8 Å². The average molecular weight is 457 g/mol. The Morgan fingerprint density at radius 1 is 1.13 bits per heavy atom. The molecule has 0 aliphatic carbocycles. The van der Waals surface area contributed by atoms with Crippen LogP contribution in [0.15, 0.2) is 71.2 Å². The second-order valence-corrected chi connectivity index (χ2v) is 9.04. The van der Waals surface area contributed by atoms with Crippen molar-refractivity contribution in [2.75, 3.05) is 5.32 Å². The van der Waals surface area contributed by atoms with E-state index in [0.717, 1.165) is 28.5 Å². The molecule has 0 bridgehead atoms. The van der Waals surface area contributed by atoms with Gasteiger partial charge in [-0.3, -0.25) is 9.36 Å². The molecule has 4 aromatic rings. The highest BCUT2D eigenvalue weighted by molar-refractivity contribution is 8.00. The Kier molecular flexibility index (Phi) is 6.43. The Balaban J connectivity index is 1.57. The number of aromatic nitrogens is 3. The third-order valence-electron chi connectivity index (χ3n) is 4.47. The SMILES string of the molecule is CC(Sc1nnc(Cc2cccs2)n1-c1ccccc1)C(=O)Nc1ccc(F)cc1F. The first kappa shape index (κ1) is 21.2. The number of para-hydroxylation sites is 1. The van der Waals surface area contributed by atoms with Crippen molar-refractivity contribution < 1.29 is 13.6 Å². The number of nitrogens with zero attached hydrogens (tertiary/aromatic N) is 3. The molecule has 0 spiro atoms. The number of amides is 1. The van der Waals surface area contributed by atoms with E-state index in [-0.39, 0.29) is 5.69 Å². The Hall–Kier alpha value is -3.04. The van der Waals surface area contributed by atoms with Crippen molar-refractivity contribution in [2.45, 2.75) is 23.8 Å². The number of halogens is 2. The van der Waals surface area contributed by atoms with Crippen LogP contribution in [-0.2, 0) is 11.2 Å².